The van der Waals surface area contributed by atoms with Crippen molar-refractivity contribution in [3.63, 3.8) is 0 Å². The molecule has 0 spiro atoms. The molecular weight excluding hydrogens is 394 g/mol. The van der Waals surface area contributed by atoms with Crippen LogP contribution in [-0.2, 0) is 13.1 Å². The Morgan fingerprint density at radius 3 is 2.74 bits per heavy atom. The van der Waals surface area contributed by atoms with Gasteiger partial charge in [0.25, 0.3) is 11.8 Å². The molecule has 0 bridgehead atoms. The van der Waals surface area contributed by atoms with E-state index in [2.05, 4.69) is 15.0 Å². The van der Waals surface area contributed by atoms with Crippen LogP contribution in [0.4, 0.5) is 5.82 Å². The second-order valence-electron chi connectivity index (χ2n) is 7.69. The summed E-state index contributed by atoms with van der Waals surface area (Å²) in [6.07, 6.45) is 8.44. The number of nitrogens with zero attached hydrogens (tertiary/aromatic N) is 5. The molecule has 0 radical (unpaired) electrons. The van der Waals surface area contributed by atoms with Crippen LogP contribution in [-0.4, -0.2) is 44.8 Å². The third-order valence-corrected chi connectivity index (χ3v) is 5.57. The fraction of sp³-hybridized carbons (Fsp3) is 0.261. The van der Waals surface area contributed by atoms with Crippen LogP contribution < -0.4 is 9.64 Å². The maximum atomic E-state index is 12.9. The molecule has 0 unspecified atom stereocenters. The van der Waals surface area contributed by atoms with Gasteiger partial charge < -0.3 is 9.64 Å². The Morgan fingerprint density at radius 1 is 1.19 bits per heavy atom. The first-order valence-corrected chi connectivity index (χ1v) is 10.1. The molecule has 1 fully saturated rings. The van der Waals surface area contributed by atoms with E-state index in [1.807, 2.05) is 11.0 Å². The van der Waals surface area contributed by atoms with Crippen LogP contribution in [0.2, 0.25) is 0 Å². The first-order chi connectivity index (χ1) is 15.1. The highest BCUT2D eigenvalue weighted by atomic mass is 16.5. The van der Waals surface area contributed by atoms with Gasteiger partial charge in [0.15, 0.2) is 5.82 Å². The second-order valence-corrected chi connectivity index (χ2v) is 7.69. The highest BCUT2D eigenvalue weighted by molar-refractivity contribution is 6.09. The molecule has 1 saturated carbocycles. The predicted octanol–water partition coefficient (Wildman–Crippen LogP) is 2.85. The van der Waals surface area contributed by atoms with Crippen molar-refractivity contribution >= 4 is 17.6 Å². The van der Waals surface area contributed by atoms with Crippen LogP contribution in [0, 0.1) is 0 Å². The summed E-state index contributed by atoms with van der Waals surface area (Å²) < 4.78 is 5.25. The van der Waals surface area contributed by atoms with Crippen molar-refractivity contribution in [2.45, 2.75) is 32.0 Å². The zero-order valence-corrected chi connectivity index (χ0v) is 17.1. The summed E-state index contributed by atoms with van der Waals surface area (Å²) in [6.45, 7) is 0.796. The number of hydrogen-bond acceptors (Lipinski definition) is 6. The number of amides is 2. The molecule has 8 heteroatoms. The van der Waals surface area contributed by atoms with Crippen LogP contribution in [0.5, 0.6) is 5.75 Å². The third kappa shape index (κ3) is 3.72. The highest BCUT2D eigenvalue weighted by Gasteiger charge is 2.34. The van der Waals surface area contributed by atoms with Gasteiger partial charge in [0.1, 0.15) is 5.75 Å². The molecule has 1 aliphatic carbocycles. The van der Waals surface area contributed by atoms with Crippen molar-refractivity contribution in [3.8, 4) is 5.75 Å². The van der Waals surface area contributed by atoms with E-state index in [4.69, 9.17) is 4.74 Å². The van der Waals surface area contributed by atoms with E-state index in [-0.39, 0.29) is 17.9 Å². The Balaban J connectivity index is 1.32. The fourth-order valence-electron chi connectivity index (χ4n) is 3.76. The molecular formula is C23H21N5O3. The van der Waals surface area contributed by atoms with Crippen LogP contribution in [0.1, 0.15) is 44.8 Å². The quantitative estimate of drug-likeness (QED) is 0.615. The molecule has 5 rings (SSSR count). The number of anilines is 1. The van der Waals surface area contributed by atoms with E-state index in [0.717, 1.165) is 18.4 Å². The number of fused-ring (bicyclic) bond motifs is 1. The van der Waals surface area contributed by atoms with Gasteiger partial charge >= 0.3 is 0 Å². The van der Waals surface area contributed by atoms with E-state index < -0.39 is 0 Å². The van der Waals surface area contributed by atoms with Gasteiger partial charge in [-0.1, -0.05) is 0 Å². The van der Waals surface area contributed by atoms with Crippen molar-refractivity contribution in [2.75, 3.05) is 12.0 Å². The lowest BCUT2D eigenvalue weighted by Crippen LogP contribution is -2.33. The lowest BCUT2D eigenvalue weighted by Gasteiger charge is -2.22. The number of carbonyl (C=O) groups is 2. The average Bonchev–Trinajstić information content (AvgIpc) is 3.61. The molecule has 2 amide bonds. The Morgan fingerprint density at radius 2 is 2.06 bits per heavy atom. The molecule has 0 saturated heterocycles. The maximum absolute atomic E-state index is 12.9. The molecule has 31 heavy (non-hydrogen) atoms. The van der Waals surface area contributed by atoms with E-state index in [0.29, 0.717) is 41.5 Å². The number of carbonyl (C=O) groups excluding carboxylic acids is 2. The zero-order chi connectivity index (χ0) is 21.4. The van der Waals surface area contributed by atoms with Gasteiger partial charge in [0, 0.05) is 24.0 Å². The van der Waals surface area contributed by atoms with Crippen LogP contribution in [0.15, 0.2) is 55.1 Å². The minimum Gasteiger partial charge on any atom is -0.497 e. The smallest absolute Gasteiger partial charge is 0.260 e. The fourth-order valence-corrected chi connectivity index (χ4v) is 3.76. The van der Waals surface area contributed by atoms with Crippen LogP contribution in [0.3, 0.4) is 0 Å². The molecule has 0 atom stereocenters. The van der Waals surface area contributed by atoms with E-state index in [1.54, 1.807) is 61.1 Å². The minimum absolute atomic E-state index is 0.0550. The van der Waals surface area contributed by atoms with Gasteiger partial charge in [-0.25, -0.2) is 4.98 Å². The van der Waals surface area contributed by atoms with E-state index in [9.17, 15) is 9.59 Å². The van der Waals surface area contributed by atoms with Gasteiger partial charge in [-0.3, -0.25) is 24.5 Å². The van der Waals surface area contributed by atoms with Crippen molar-refractivity contribution in [2.24, 2.45) is 0 Å². The van der Waals surface area contributed by atoms with Crippen LogP contribution >= 0.6 is 0 Å². The Hall–Kier alpha value is -3.81. The lowest BCUT2D eigenvalue weighted by atomic mass is 10.1. The molecule has 1 aliphatic heterocycles. The Kier molecular flexibility index (Phi) is 4.82. The summed E-state index contributed by atoms with van der Waals surface area (Å²) in [4.78, 5) is 42.1. The first kappa shape index (κ1) is 19.2. The van der Waals surface area contributed by atoms with Gasteiger partial charge in [0.05, 0.1) is 43.9 Å². The molecule has 3 aromatic rings. The minimum atomic E-state index is -0.105. The third-order valence-electron chi connectivity index (χ3n) is 5.57. The summed E-state index contributed by atoms with van der Waals surface area (Å²) in [5, 5.41) is 0. The SMILES string of the molecule is COc1ccc2c(c1)CN(c1cnc(CN(C(=O)c3cccnc3)C3CC3)cn1)C2=O. The summed E-state index contributed by atoms with van der Waals surface area (Å²) in [6, 6.07) is 9.17. The van der Waals surface area contributed by atoms with Gasteiger partial charge in [-0.2, -0.15) is 0 Å². The van der Waals surface area contributed by atoms with Crippen molar-refractivity contribution in [3.05, 3.63) is 77.5 Å². The lowest BCUT2D eigenvalue weighted by molar-refractivity contribution is 0.0727. The largest absolute Gasteiger partial charge is 0.497 e. The molecule has 2 aromatic heterocycles. The molecule has 2 aliphatic rings. The normalized spacial score (nSPS) is 15.0. The van der Waals surface area contributed by atoms with Crippen molar-refractivity contribution < 1.29 is 14.3 Å². The number of methoxy groups -OCH3 is 1. The number of rotatable bonds is 6. The van der Waals surface area contributed by atoms with E-state index >= 15 is 0 Å². The zero-order valence-electron chi connectivity index (χ0n) is 17.1. The average molecular weight is 415 g/mol. The number of aromatic nitrogens is 3. The van der Waals surface area contributed by atoms with Gasteiger partial charge in [-0.15, -0.1) is 0 Å². The number of hydrogen-bond donors (Lipinski definition) is 0. The molecule has 8 nitrogen and oxygen atoms in total. The Bertz CT molecular complexity index is 1130. The van der Waals surface area contributed by atoms with Crippen molar-refractivity contribution in [1.82, 2.24) is 19.9 Å². The molecule has 0 N–H and O–H groups in total. The second kappa shape index (κ2) is 7.79. The summed E-state index contributed by atoms with van der Waals surface area (Å²) in [5.74, 6) is 1.04. The number of benzene rings is 1. The van der Waals surface area contributed by atoms with Crippen LogP contribution in [0.25, 0.3) is 0 Å². The first-order valence-electron chi connectivity index (χ1n) is 10.1. The molecule has 156 valence electrons. The monoisotopic (exact) mass is 415 g/mol. The number of ether oxygens (including phenoxy) is 1. The highest BCUT2D eigenvalue weighted by Crippen LogP contribution is 2.31. The molecule has 1 aromatic carbocycles. The summed E-state index contributed by atoms with van der Waals surface area (Å²) in [7, 11) is 1.60. The standard InChI is InChI=1S/C23H21N5O3/c1-31-19-6-7-20-16(9-19)13-28(23(20)30)21-12-25-17(11-26-21)14-27(18-4-5-18)22(29)15-3-2-8-24-10-15/h2-3,6-12,18H,4-5,13-14H2,1H3. The maximum Gasteiger partial charge on any atom is 0.260 e. The number of pyridine rings is 1. The van der Waals surface area contributed by atoms with Gasteiger partial charge in [-0.05, 0) is 48.7 Å². The van der Waals surface area contributed by atoms with Crippen molar-refractivity contribution in [1.29, 1.82) is 0 Å². The van der Waals surface area contributed by atoms with E-state index in [1.165, 1.54) is 0 Å². The Labute approximate surface area is 179 Å². The van der Waals surface area contributed by atoms with Gasteiger partial charge in [0.2, 0.25) is 0 Å². The topological polar surface area (TPSA) is 88.5 Å². The summed E-state index contributed by atoms with van der Waals surface area (Å²) in [5.41, 5.74) is 2.79. The molecule has 3 heterocycles. The predicted molar refractivity (Wildman–Crippen MR) is 113 cm³/mol. The summed E-state index contributed by atoms with van der Waals surface area (Å²) >= 11 is 0.